The first-order valence-corrected chi connectivity index (χ1v) is 4.79. The van der Waals surface area contributed by atoms with Gasteiger partial charge < -0.3 is 4.90 Å². The zero-order chi connectivity index (χ0) is 9.68. The summed E-state index contributed by atoms with van der Waals surface area (Å²) in [5.41, 5.74) is 2.46. The normalized spacial score (nSPS) is 9.69. The zero-order valence-electron chi connectivity index (χ0n) is 8.46. The predicted octanol–water partition coefficient (Wildman–Crippen LogP) is 3.18. The van der Waals surface area contributed by atoms with Gasteiger partial charge in [-0.05, 0) is 31.5 Å². The van der Waals surface area contributed by atoms with Gasteiger partial charge in [0.25, 0.3) is 0 Å². The summed E-state index contributed by atoms with van der Waals surface area (Å²) >= 11 is 0. The van der Waals surface area contributed by atoms with Gasteiger partial charge in [-0.25, -0.2) is 0 Å². The first-order valence-electron chi connectivity index (χ1n) is 4.79. The molecule has 0 fully saturated rings. The highest BCUT2D eigenvalue weighted by Crippen LogP contribution is 2.14. The third-order valence-electron chi connectivity index (χ3n) is 2.26. The van der Waals surface area contributed by atoms with E-state index in [1.54, 1.807) is 0 Å². The van der Waals surface area contributed by atoms with Crippen molar-refractivity contribution in [2.24, 2.45) is 0 Å². The second-order valence-electron chi connectivity index (χ2n) is 2.97. The smallest absolute Gasteiger partial charge is 0.0366 e. The van der Waals surface area contributed by atoms with Gasteiger partial charge in [0.05, 0.1) is 0 Å². The second-order valence-corrected chi connectivity index (χ2v) is 2.97. The fourth-order valence-corrected chi connectivity index (χ4v) is 1.41. The molecule has 0 aromatic heterocycles. The topological polar surface area (TPSA) is 3.24 Å². The van der Waals surface area contributed by atoms with Crippen LogP contribution in [-0.4, -0.2) is 13.1 Å². The van der Waals surface area contributed by atoms with Crippen LogP contribution >= 0.6 is 0 Å². The van der Waals surface area contributed by atoms with Gasteiger partial charge in [-0.1, -0.05) is 24.8 Å². The molecule has 1 heteroatoms. The van der Waals surface area contributed by atoms with Crippen LogP contribution in [0.1, 0.15) is 19.4 Å². The standard InChI is InChI=1S/C12H17N/c1-4-11-7-9-12(10-8-11)13(5-2)6-3/h4,7-10H,1,5-6H2,2-3H3. The molecule has 0 amide bonds. The van der Waals surface area contributed by atoms with E-state index in [0.29, 0.717) is 0 Å². The van der Waals surface area contributed by atoms with Gasteiger partial charge in [0.2, 0.25) is 0 Å². The van der Waals surface area contributed by atoms with Crippen molar-refractivity contribution in [2.75, 3.05) is 18.0 Å². The molecule has 0 saturated carbocycles. The van der Waals surface area contributed by atoms with Crippen molar-refractivity contribution in [3.63, 3.8) is 0 Å². The second kappa shape index (κ2) is 4.70. The maximum absolute atomic E-state index is 3.73. The van der Waals surface area contributed by atoms with E-state index in [0.717, 1.165) is 13.1 Å². The molecule has 1 aromatic rings. The van der Waals surface area contributed by atoms with Gasteiger partial charge >= 0.3 is 0 Å². The average Bonchev–Trinajstić information content (AvgIpc) is 2.21. The fourth-order valence-electron chi connectivity index (χ4n) is 1.41. The molecule has 0 N–H and O–H groups in total. The van der Waals surface area contributed by atoms with E-state index < -0.39 is 0 Å². The molecule has 0 aliphatic rings. The summed E-state index contributed by atoms with van der Waals surface area (Å²) in [6.45, 7) is 10.2. The minimum Gasteiger partial charge on any atom is -0.372 e. The van der Waals surface area contributed by atoms with E-state index in [9.17, 15) is 0 Å². The zero-order valence-corrected chi connectivity index (χ0v) is 8.46. The van der Waals surface area contributed by atoms with Gasteiger partial charge in [0.1, 0.15) is 0 Å². The molecule has 0 spiro atoms. The van der Waals surface area contributed by atoms with Gasteiger partial charge in [0.15, 0.2) is 0 Å². The van der Waals surface area contributed by atoms with Gasteiger partial charge in [-0.3, -0.25) is 0 Å². The number of hydrogen-bond acceptors (Lipinski definition) is 1. The van der Waals surface area contributed by atoms with E-state index in [1.165, 1.54) is 11.3 Å². The molecule has 1 nitrogen and oxygen atoms in total. The lowest BCUT2D eigenvalue weighted by atomic mass is 10.2. The summed E-state index contributed by atoms with van der Waals surface area (Å²) in [5, 5.41) is 0. The third kappa shape index (κ3) is 2.35. The molecule has 0 radical (unpaired) electrons. The molecule has 0 atom stereocenters. The van der Waals surface area contributed by atoms with Crippen molar-refractivity contribution < 1.29 is 0 Å². The van der Waals surface area contributed by atoms with Crippen LogP contribution in [0.5, 0.6) is 0 Å². The summed E-state index contributed by atoms with van der Waals surface area (Å²) in [4.78, 5) is 2.33. The Balaban J connectivity index is 2.83. The lowest BCUT2D eigenvalue weighted by Gasteiger charge is -2.20. The molecule has 1 aromatic carbocycles. The van der Waals surface area contributed by atoms with E-state index in [1.807, 2.05) is 6.08 Å². The Labute approximate surface area is 80.7 Å². The van der Waals surface area contributed by atoms with Crippen LogP contribution in [0, 0.1) is 0 Å². The van der Waals surface area contributed by atoms with Crippen LogP contribution < -0.4 is 4.90 Å². The van der Waals surface area contributed by atoms with Gasteiger partial charge in [-0.2, -0.15) is 0 Å². The van der Waals surface area contributed by atoms with Crippen LogP contribution in [0.3, 0.4) is 0 Å². The Morgan fingerprint density at radius 1 is 1.15 bits per heavy atom. The summed E-state index contributed by atoms with van der Waals surface area (Å²) in [5.74, 6) is 0. The monoisotopic (exact) mass is 175 g/mol. The van der Waals surface area contributed by atoms with E-state index in [2.05, 4.69) is 49.6 Å². The minimum atomic E-state index is 1.06. The molecule has 0 aliphatic carbocycles. The van der Waals surface area contributed by atoms with Crippen molar-refractivity contribution in [3.05, 3.63) is 36.4 Å². The van der Waals surface area contributed by atoms with E-state index in [4.69, 9.17) is 0 Å². The molecule has 0 saturated heterocycles. The number of anilines is 1. The van der Waals surface area contributed by atoms with Crippen LogP contribution in [0.15, 0.2) is 30.8 Å². The van der Waals surface area contributed by atoms with Crippen LogP contribution in [0.2, 0.25) is 0 Å². The molecule has 0 bridgehead atoms. The van der Waals surface area contributed by atoms with Crippen LogP contribution in [0.25, 0.3) is 6.08 Å². The number of nitrogens with zero attached hydrogens (tertiary/aromatic N) is 1. The van der Waals surface area contributed by atoms with Crippen LogP contribution in [0.4, 0.5) is 5.69 Å². The largest absolute Gasteiger partial charge is 0.372 e. The van der Waals surface area contributed by atoms with Crippen molar-refractivity contribution in [1.82, 2.24) is 0 Å². The van der Waals surface area contributed by atoms with Gasteiger partial charge in [0, 0.05) is 18.8 Å². The highest BCUT2D eigenvalue weighted by Gasteiger charge is 1.99. The third-order valence-corrected chi connectivity index (χ3v) is 2.26. The molecule has 1 rings (SSSR count). The Kier molecular flexibility index (Phi) is 3.56. The highest BCUT2D eigenvalue weighted by molar-refractivity contribution is 5.54. The molecular weight excluding hydrogens is 158 g/mol. The molecule has 0 heterocycles. The molecule has 13 heavy (non-hydrogen) atoms. The van der Waals surface area contributed by atoms with Crippen molar-refractivity contribution in [2.45, 2.75) is 13.8 Å². The quantitative estimate of drug-likeness (QED) is 0.679. The number of benzene rings is 1. The Morgan fingerprint density at radius 2 is 1.69 bits per heavy atom. The van der Waals surface area contributed by atoms with Crippen molar-refractivity contribution >= 4 is 11.8 Å². The Bertz CT molecular complexity index is 257. The maximum Gasteiger partial charge on any atom is 0.0366 e. The first-order chi connectivity index (χ1) is 6.31. The number of hydrogen-bond donors (Lipinski definition) is 0. The van der Waals surface area contributed by atoms with E-state index in [-0.39, 0.29) is 0 Å². The molecular formula is C12H17N. The van der Waals surface area contributed by atoms with Gasteiger partial charge in [-0.15, -0.1) is 0 Å². The lowest BCUT2D eigenvalue weighted by Crippen LogP contribution is -2.21. The summed E-state index contributed by atoms with van der Waals surface area (Å²) in [6.07, 6.45) is 1.87. The first kappa shape index (κ1) is 9.85. The SMILES string of the molecule is C=Cc1ccc(N(CC)CC)cc1. The van der Waals surface area contributed by atoms with Crippen LogP contribution in [-0.2, 0) is 0 Å². The summed E-state index contributed by atoms with van der Waals surface area (Å²) in [7, 11) is 0. The maximum atomic E-state index is 3.73. The average molecular weight is 175 g/mol. The number of rotatable bonds is 4. The molecule has 70 valence electrons. The Morgan fingerprint density at radius 3 is 2.08 bits per heavy atom. The predicted molar refractivity (Wildman–Crippen MR) is 60.1 cm³/mol. The lowest BCUT2D eigenvalue weighted by molar-refractivity contribution is 0.866. The molecule has 0 aliphatic heterocycles. The summed E-state index contributed by atoms with van der Waals surface area (Å²) < 4.78 is 0. The highest BCUT2D eigenvalue weighted by atomic mass is 15.1. The fraction of sp³-hybridized carbons (Fsp3) is 0.333. The summed E-state index contributed by atoms with van der Waals surface area (Å²) in [6, 6.07) is 8.48. The van der Waals surface area contributed by atoms with E-state index >= 15 is 0 Å². The van der Waals surface area contributed by atoms with Crippen molar-refractivity contribution in [3.8, 4) is 0 Å². The molecule has 0 unspecified atom stereocenters. The Hall–Kier alpha value is -1.24. The van der Waals surface area contributed by atoms with Crippen molar-refractivity contribution in [1.29, 1.82) is 0 Å². The minimum absolute atomic E-state index is 1.06.